The molecule has 1 saturated heterocycles. The molecule has 4 heteroatoms. The lowest BCUT2D eigenvalue weighted by Crippen LogP contribution is -2.42. The zero-order valence-corrected chi connectivity index (χ0v) is 11.2. The summed E-state index contributed by atoms with van der Waals surface area (Å²) in [6, 6.07) is 9.11. The average Bonchev–Trinajstić information content (AvgIpc) is 2.73. The second-order valence-electron chi connectivity index (χ2n) is 5.17. The van der Waals surface area contributed by atoms with E-state index >= 15 is 0 Å². The van der Waals surface area contributed by atoms with Gasteiger partial charge >= 0.3 is 0 Å². The van der Waals surface area contributed by atoms with Gasteiger partial charge in [-0.2, -0.15) is 0 Å². The minimum atomic E-state index is -0.373. The Balaban J connectivity index is 2.22. The van der Waals surface area contributed by atoms with Gasteiger partial charge < -0.3 is 5.11 Å². The first-order valence-electron chi connectivity index (χ1n) is 6.58. The van der Waals surface area contributed by atoms with Gasteiger partial charge in [0.15, 0.2) is 0 Å². The summed E-state index contributed by atoms with van der Waals surface area (Å²) >= 11 is 0. The van der Waals surface area contributed by atoms with Crippen LogP contribution in [-0.4, -0.2) is 34.5 Å². The van der Waals surface area contributed by atoms with Crippen LogP contribution in [0.2, 0.25) is 0 Å². The molecule has 1 aromatic rings. The van der Waals surface area contributed by atoms with Gasteiger partial charge in [-0.3, -0.25) is 14.5 Å². The van der Waals surface area contributed by atoms with Gasteiger partial charge in [0.2, 0.25) is 11.8 Å². The lowest BCUT2D eigenvalue weighted by atomic mass is 9.97. The van der Waals surface area contributed by atoms with Crippen molar-refractivity contribution in [3.8, 4) is 0 Å². The number of benzene rings is 1. The molecule has 2 rings (SSSR count). The number of aliphatic hydroxyl groups is 1. The van der Waals surface area contributed by atoms with Crippen LogP contribution in [0, 0.1) is 5.92 Å². The maximum atomic E-state index is 12.4. The first-order valence-corrected chi connectivity index (χ1v) is 6.58. The Kier molecular flexibility index (Phi) is 4.00. The number of hydrogen-bond donors (Lipinski definition) is 1. The van der Waals surface area contributed by atoms with Crippen molar-refractivity contribution in [1.29, 1.82) is 0 Å². The summed E-state index contributed by atoms with van der Waals surface area (Å²) < 4.78 is 0. The molecule has 0 radical (unpaired) electrons. The second-order valence-corrected chi connectivity index (χ2v) is 5.17. The molecule has 4 nitrogen and oxygen atoms in total. The zero-order valence-electron chi connectivity index (χ0n) is 11.2. The number of nitrogens with zero attached hydrogens (tertiary/aromatic N) is 1. The Morgan fingerprint density at radius 1 is 1.26 bits per heavy atom. The number of amides is 2. The Labute approximate surface area is 113 Å². The molecule has 2 amide bonds. The van der Waals surface area contributed by atoms with Gasteiger partial charge in [0.05, 0.1) is 5.92 Å². The number of imide groups is 1. The molecule has 1 fully saturated rings. The summed E-state index contributed by atoms with van der Waals surface area (Å²) in [6.45, 7) is 3.61. The molecule has 1 aliphatic heterocycles. The van der Waals surface area contributed by atoms with Crippen LogP contribution in [-0.2, 0) is 9.59 Å². The van der Waals surface area contributed by atoms with E-state index in [-0.39, 0.29) is 42.7 Å². The van der Waals surface area contributed by atoms with Crippen LogP contribution in [0.1, 0.15) is 31.7 Å². The summed E-state index contributed by atoms with van der Waals surface area (Å²) in [6.07, 6.45) is 0.228. The minimum absolute atomic E-state index is 0.0335. The molecule has 1 heterocycles. The van der Waals surface area contributed by atoms with Gasteiger partial charge in [-0.25, -0.2) is 0 Å². The van der Waals surface area contributed by atoms with Crippen molar-refractivity contribution in [2.75, 3.05) is 6.61 Å². The van der Waals surface area contributed by atoms with Crippen LogP contribution < -0.4 is 0 Å². The van der Waals surface area contributed by atoms with Crippen molar-refractivity contribution >= 4 is 11.8 Å². The van der Waals surface area contributed by atoms with E-state index in [1.165, 1.54) is 4.90 Å². The van der Waals surface area contributed by atoms with E-state index in [0.29, 0.717) is 0 Å². The minimum Gasteiger partial charge on any atom is -0.396 e. The number of carbonyl (C=O) groups excluding carboxylic acids is 2. The van der Waals surface area contributed by atoms with Gasteiger partial charge in [-0.1, -0.05) is 37.3 Å². The smallest absolute Gasteiger partial charge is 0.237 e. The molecule has 0 aromatic heterocycles. The molecule has 102 valence electrons. The van der Waals surface area contributed by atoms with Crippen LogP contribution >= 0.6 is 0 Å². The summed E-state index contributed by atoms with van der Waals surface area (Å²) in [4.78, 5) is 25.8. The van der Waals surface area contributed by atoms with E-state index in [4.69, 9.17) is 0 Å². The lowest BCUT2D eigenvalue weighted by Gasteiger charge is -2.27. The van der Waals surface area contributed by atoms with Gasteiger partial charge in [0.25, 0.3) is 0 Å². The van der Waals surface area contributed by atoms with Crippen molar-refractivity contribution in [3.05, 3.63) is 35.9 Å². The molecule has 1 N–H and O–H groups in total. The molecule has 1 aliphatic rings. The Hall–Kier alpha value is -1.68. The molecule has 0 saturated carbocycles. The molecule has 0 spiro atoms. The number of rotatable bonds is 4. The Bertz CT molecular complexity index is 472. The quantitative estimate of drug-likeness (QED) is 0.837. The fourth-order valence-electron chi connectivity index (χ4n) is 2.43. The SMILES string of the molecule is CC(CO)C(C)N1C(=O)CC(c2ccccc2)C1=O. The Morgan fingerprint density at radius 2 is 1.89 bits per heavy atom. The molecule has 1 aromatic carbocycles. The van der Waals surface area contributed by atoms with E-state index in [0.717, 1.165) is 5.56 Å². The van der Waals surface area contributed by atoms with E-state index in [1.807, 2.05) is 44.2 Å². The van der Waals surface area contributed by atoms with E-state index in [2.05, 4.69) is 0 Å². The number of carbonyl (C=O) groups is 2. The summed E-state index contributed by atoms with van der Waals surface area (Å²) in [7, 11) is 0. The topological polar surface area (TPSA) is 57.6 Å². The van der Waals surface area contributed by atoms with Crippen LogP contribution in [0.25, 0.3) is 0 Å². The highest BCUT2D eigenvalue weighted by molar-refractivity contribution is 6.06. The van der Waals surface area contributed by atoms with Crippen LogP contribution in [0.3, 0.4) is 0 Å². The highest BCUT2D eigenvalue weighted by atomic mass is 16.3. The van der Waals surface area contributed by atoms with Crippen LogP contribution in [0.5, 0.6) is 0 Å². The van der Waals surface area contributed by atoms with Gasteiger partial charge in [0.1, 0.15) is 0 Å². The van der Waals surface area contributed by atoms with Gasteiger partial charge in [-0.05, 0) is 18.4 Å². The van der Waals surface area contributed by atoms with Crippen LogP contribution in [0.15, 0.2) is 30.3 Å². The van der Waals surface area contributed by atoms with Crippen LogP contribution in [0.4, 0.5) is 0 Å². The predicted octanol–water partition coefficient (Wildman–Crippen LogP) is 1.55. The Morgan fingerprint density at radius 3 is 2.47 bits per heavy atom. The van der Waals surface area contributed by atoms with Gasteiger partial charge in [-0.15, -0.1) is 0 Å². The largest absolute Gasteiger partial charge is 0.396 e. The average molecular weight is 261 g/mol. The van der Waals surface area contributed by atoms with Crippen molar-refractivity contribution < 1.29 is 14.7 Å². The third-order valence-corrected chi connectivity index (χ3v) is 3.90. The summed E-state index contributed by atoms with van der Waals surface area (Å²) in [5, 5.41) is 9.17. The number of hydrogen-bond acceptors (Lipinski definition) is 3. The van der Waals surface area contributed by atoms with Crippen molar-refractivity contribution in [2.45, 2.75) is 32.2 Å². The van der Waals surface area contributed by atoms with E-state index in [1.54, 1.807) is 0 Å². The first kappa shape index (κ1) is 13.7. The molecule has 0 bridgehead atoms. The molecule has 0 aliphatic carbocycles. The van der Waals surface area contributed by atoms with E-state index < -0.39 is 0 Å². The fraction of sp³-hybridized carbons (Fsp3) is 0.467. The molecule has 3 unspecified atom stereocenters. The summed E-state index contributed by atoms with van der Waals surface area (Å²) in [5.41, 5.74) is 0.882. The molecular weight excluding hydrogens is 242 g/mol. The first-order chi connectivity index (χ1) is 9.06. The summed E-state index contributed by atoms with van der Waals surface area (Å²) in [5.74, 6) is -0.778. The maximum absolute atomic E-state index is 12.4. The zero-order chi connectivity index (χ0) is 14.0. The van der Waals surface area contributed by atoms with Crippen molar-refractivity contribution in [2.24, 2.45) is 5.92 Å². The van der Waals surface area contributed by atoms with Crippen molar-refractivity contribution in [3.63, 3.8) is 0 Å². The highest BCUT2D eigenvalue weighted by Crippen LogP contribution is 2.32. The normalized spacial score (nSPS) is 22.7. The third kappa shape index (κ3) is 2.54. The molecular formula is C15H19NO3. The maximum Gasteiger partial charge on any atom is 0.237 e. The highest BCUT2D eigenvalue weighted by Gasteiger charge is 2.42. The number of likely N-dealkylation sites (tertiary alicyclic amines) is 1. The lowest BCUT2D eigenvalue weighted by molar-refractivity contribution is -0.142. The molecule has 19 heavy (non-hydrogen) atoms. The van der Waals surface area contributed by atoms with Crippen molar-refractivity contribution in [1.82, 2.24) is 4.90 Å². The third-order valence-electron chi connectivity index (χ3n) is 3.90. The number of aliphatic hydroxyl groups excluding tert-OH is 1. The van der Waals surface area contributed by atoms with E-state index in [9.17, 15) is 14.7 Å². The molecule has 3 atom stereocenters. The second kappa shape index (κ2) is 5.53. The fourth-order valence-corrected chi connectivity index (χ4v) is 2.43. The standard InChI is InChI=1S/C15H19NO3/c1-10(9-17)11(2)16-14(18)8-13(15(16)19)12-6-4-3-5-7-12/h3-7,10-11,13,17H,8-9H2,1-2H3. The monoisotopic (exact) mass is 261 g/mol. The van der Waals surface area contributed by atoms with Gasteiger partial charge in [0, 0.05) is 19.1 Å². The predicted molar refractivity (Wildman–Crippen MR) is 71.4 cm³/mol.